The van der Waals surface area contributed by atoms with E-state index in [4.69, 9.17) is 4.98 Å². The van der Waals surface area contributed by atoms with Crippen LogP contribution in [-0.4, -0.2) is 25.8 Å². The third kappa shape index (κ3) is 5.81. The SMILES string of the molecule is CCc1cc(CC(C)CCN[S+]([O-])C(C)(C)C)nc2ccc(-c3ccncc3)cc12. The van der Waals surface area contributed by atoms with Crippen LogP contribution in [0.25, 0.3) is 22.0 Å². The monoisotopic (exact) mass is 423 g/mol. The van der Waals surface area contributed by atoms with Crippen molar-refractivity contribution in [1.82, 2.24) is 14.7 Å². The third-order valence-corrected chi connectivity index (χ3v) is 6.90. The molecule has 0 saturated heterocycles. The average Bonchev–Trinajstić information content (AvgIpc) is 2.72. The summed E-state index contributed by atoms with van der Waals surface area (Å²) < 4.78 is 15.1. The van der Waals surface area contributed by atoms with Crippen molar-refractivity contribution in [1.29, 1.82) is 0 Å². The van der Waals surface area contributed by atoms with Gasteiger partial charge in [-0.25, -0.2) is 0 Å². The second kappa shape index (κ2) is 9.90. The molecule has 3 aromatic rings. The Morgan fingerprint density at radius 2 is 1.80 bits per heavy atom. The van der Waals surface area contributed by atoms with Crippen LogP contribution >= 0.6 is 0 Å². The molecule has 4 nitrogen and oxygen atoms in total. The third-order valence-electron chi connectivity index (χ3n) is 5.33. The minimum atomic E-state index is -1.01. The molecule has 2 unspecified atom stereocenters. The van der Waals surface area contributed by atoms with E-state index in [0.29, 0.717) is 5.92 Å². The van der Waals surface area contributed by atoms with Crippen LogP contribution in [-0.2, 0) is 24.2 Å². The molecule has 0 aliphatic heterocycles. The summed E-state index contributed by atoms with van der Waals surface area (Å²) in [7, 11) is 0. The number of nitrogens with one attached hydrogen (secondary N) is 1. The summed E-state index contributed by atoms with van der Waals surface area (Å²) in [4.78, 5) is 9.06. The maximum atomic E-state index is 12.1. The van der Waals surface area contributed by atoms with Gasteiger partial charge in [-0.15, -0.1) is 4.72 Å². The first-order valence-electron chi connectivity index (χ1n) is 10.8. The van der Waals surface area contributed by atoms with Crippen molar-refractivity contribution in [3.8, 4) is 11.1 Å². The van der Waals surface area contributed by atoms with Crippen molar-refractivity contribution in [3.63, 3.8) is 0 Å². The van der Waals surface area contributed by atoms with E-state index in [1.54, 1.807) is 0 Å². The van der Waals surface area contributed by atoms with E-state index < -0.39 is 11.4 Å². The van der Waals surface area contributed by atoms with Gasteiger partial charge in [-0.3, -0.25) is 9.97 Å². The van der Waals surface area contributed by atoms with Crippen LogP contribution < -0.4 is 4.72 Å². The van der Waals surface area contributed by atoms with Gasteiger partial charge in [0.1, 0.15) is 4.75 Å². The molecule has 0 fully saturated rings. The van der Waals surface area contributed by atoms with Gasteiger partial charge in [0.2, 0.25) is 0 Å². The first kappa shape index (κ1) is 22.7. The van der Waals surface area contributed by atoms with Crippen LogP contribution in [0.2, 0.25) is 0 Å². The minimum Gasteiger partial charge on any atom is -0.598 e. The number of aryl methyl sites for hydroxylation is 1. The molecule has 2 atom stereocenters. The molecule has 0 radical (unpaired) electrons. The fraction of sp³-hybridized carbons (Fsp3) is 0.440. The topological polar surface area (TPSA) is 60.9 Å². The molecule has 0 spiro atoms. The molecule has 0 aliphatic rings. The zero-order valence-corrected chi connectivity index (χ0v) is 19.6. The highest BCUT2D eigenvalue weighted by molar-refractivity contribution is 7.90. The lowest BCUT2D eigenvalue weighted by Crippen LogP contribution is -2.40. The number of benzene rings is 1. The Kier molecular flexibility index (Phi) is 7.50. The number of rotatable bonds is 8. The Hall–Kier alpha value is -1.95. The van der Waals surface area contributed by atoms with Crippen molar-refractivity contribution in [2.24, 2.45) is 5.92 Å². The van der Waals surface area contributed by atoms with E-state index in [1.807, 2.05) is 45.3 Å². The van der Waals surface area contributed by atoms with E-state index in [9.17, 15) is 4.55 Å². The molecule has 0 aliphatic carbocycles. The smallest absolute Gasteiger partial charge is 0.136 e. The molecular weight excluding hydrogens is 390 g/mol. The fourth-order valence-corrected chi connectivity index (χ4v) is 4.29. The van der Waals surface area contributed by atoms with Gasteiger partial charge in [-0.2, -0.15) is 0 Å². The van der Waals surface area contributed by atoms with E-state index in [0.717, 1.165) is 37.0 Å². The Bertz CT molecular complexity index is 969. The molecule has 160 valence electrons. The molecule has 1 N–H and O–H groups in total. The van der Waals surface area contributed by atoms with Crippen LogP contribution in [0.3, 0.4) is 0 Å². The number of pyridine rings is 2. The van der Waals surface area contributed by atoms with Crippen LogP contribution in [0, 0.1) is 5.92 Å². The van der Waals surface area contributed by atoms with Crippen LogP contribution in [0.15, 0.2) is 48.8 Å². The average molecular weight is 424 g/mol. The van der Waals surface area contributed by atoms with Crippen LogP contribution in [0.5, 0.6) is 0 Å². The van der Waals surface area contributed by atoms with Crippen LogP contribution in [0.1, 0.15) is 52.3 Å². The highest BCUT2D eigenvalue weighted by Gasteiger charge is 2.25. The number of hydrogen-bond acceptors (Lipinski definition) is 4. The molecule has 0 saturated carbocycles. The Morgan fingerprint density at radius 3 is 2.47 bits per heavy atom. The molecular formula is C25H33N3OS. The molecule has 2 heterocycles. The van der Waals surface area contributed by atoms with Crippen molar-refractivity contribution in [3.05, 3.63) is 60.0 Å². The quantitative estimate of drug-likeness (QED) is 0.487. The first-order valence-corrected chi connectivity index (χ1v) is 11.9. The Labute approximate surface area is 183 Å². The molecule has 5 heteroatoms. The van der Waals surface area contributed by atoms with Gasteiger partial charge >= 0.3 is 0 Å². The summed E-state index contributed by atoms with van der Waals surface area (Å²) in [5.74, 6) is 0.472. The van der Waals surface area contributed by atoms with Crippen molar-refractivity contribution < 1.29 is 4.55 Å². The highest BCUT2D eigenvalue weighted by Crippen LogP contribution is 2.27. The van der Waals surface area contributed by atoms with Crippen molar-refractivity contribution in [2.45, 2.75) is 58.6 Å². The largest absolute Gasteiger partial charge is 0.598 e. The predicted octanol–water partition coefficient (Wildman–Crippen LogP) is 5.48. The first-order chi connectivity index (χ1) is 14.3. The van der Waals surface area contributed by atoms with Gasteiger partial charge < -0.3 is 4.55 Å². The van der Waals surface area contributed by atoms with Gasteiger partial charge in [-0.05, 0) is 93.0 Å². The lowest BCUT2D eigenvalue weighted by Gasteiger charge is -2.24. The van der Waals surface area contributed by atoms with E-state index in [2.05, 4.69) is 47.8 Å². The van der Waals surface area contributed by atoms with Gasteiger partial charge in [-0.1, -0.05) is 19.9 Å². The maximum absolute atomic E-state index is 12.1. The zero-order chi connectivity index (χ0) is 21.7. The second-order valence-corrected chi connectivity index (χ2v) is 11.0. The Balaban J connectivity index is 1.72. The lowest BCUT2D eigenvalue weighted by atomic mass is 9.96. The highest BCUT2D eigenvalue weighted by atomic mass is 32.2. The number of fused-ring (bicyclic) bond motifs is 1. The molecule has 3 rings (SSSR count). The summed E-state index contributed by atoms with van der Waals surface area (Å²) in [5, 5.41) is 1.23. The lowest BCUT2D eigenvalue weighted by molar-refractivity contribution is 0.503. The zero-order valence-electron chi connectivity index (χ0n) is 18.7. The van der Waals surface area contributed by atoms with Crippen molar-refractivity contribution >= 4 is 22.3 Å². The normalized spacial score (nSPS) is 14.1. The summed E-state index contributed by atoms with van der Waals surface area (Å²) in [6, 6.07) is 12.9. The summed E-state index contributed by atoms with van der Waals surface area (Å²) in [5.41, 5.74) is 5.90. The predicted molar refractivity (Wildman–Crippen MR) is 128 cm³/mol. The molecule has 1 aromatic carbocycles. The molecule has 0 bridgehead atoms. The van der Waals surface area contributed by atoms with Gasteiger partial charge in [0, 0.05) is 41.4 Å². The van der Waals surface area contributed by atoms with E-state index in [-0.39, 0.29) is 4.75 Å². The van der Waals surface area contributed by atoms with Crippen molar-refractivity contribution in [2.75, 3.05) is 6.54 Å². The maximum Gasteiger partial charge on any atom is 0.136 e. The summed E-state index contributed by atoms with van der Waals surface area (Å²) in [6.45, 7) is 11.2. The molecule has 30 heavy (non-hydrogen) atoms. The number of aromatic nitrogens is 2. The summed E-state index contributed by atoms with van der Waals surface area (Å²) >= 11 is -1.01. The molecule has 0 amide bonds. The standard InChI is InChI=1S/C25H33N3OS/c1-6-19-16-22(15-18(2)9-14-27-30(29)25(3,4)5)28-24-8-7-21(17-23(19)24)20-10-12-26-13-11-20/h7-8,10-13,16-18,27H,6,9,14-15H2,1-5H3. The second-order valence-electron chi connectivity index (χ2n) is 8.97. The number of hydrogen-bond donors (Lipinski definition) is 1. The minimum absolute atomic E-state index is 0.228. The van der Waals surface area contributed by atoms with Gasteiger partial charge in [0.25, 0.3) is 0 Å². The molecule has 2 aromatic heterocycles. The Morgan fingerprint density at radius 1 is 1.07 bits per heavy atom. The van der Waals surface area contributed by atoms with E-state index >= 15 is 0 Å². The number of nitrogens with zero attached hydrogens (tertiary/aromatic N) is 2. The van der Waals surface area contributed by atoms with Gasteiger partial charge in [0.15, 0.2) is 0 Å². The van der Waals surface area contributed by atoms with E-state index in [1.165, 1.54) is 22.1 Å². The van der Waals surface area contributed by atoms with Gasteiger partial charge in [0.05, 0.1) is 5.52 Å². The fourth-order valence-electron chi connectivity index (χ4n) is 3.55. The summed E-state index contributed by atoms with van der Waals surface area (Å²) in [6.07, 6.45) is 6.54. The van der Waals surface area contributed by atoms with Crippen LogP contribution in [0.4, 0.5) is 0 Å².